The summed E-state index contributed by atoms with van der Waals surface area (Å²) in [7, 11) is -1.30. The van der Waals surface area contributed by atoms with Crippen molar-refractivity contribution >= 4 is 27.3 Å². The number of hydrogen-bond acceptors (Lipinski definition) is 7. The van der Waals surface area contributed by atoms with Crippen LogP contribution in [0.4, 0.5) is 5.69 Å². The van der Waals surface area contributed by atoms with Crippen LogP contribution in [-0.2, 0) is 14.8 Å². The molecule has 1 N–H and O–H groups in total. The van der Waals surface area contributed by atoms with Crippen molar-refractivity contribution < 1.29 is 27.4 Å². The molecule has 0 spiro atoms. The fourth-order valence-corrected chi connectivity index (χ4v) is 4.90. The monoisotopic (exact) mass is 525 g/mol. The van der Waals surface area contributed by atoms with E-state index in [4.69, 9.17) is 14.2 Å². The summed E-state index contributed by atoms with van der Waals surface area (Å²) in [5.41, 5.74) is 5.28. The minimum atomic E-state index is -4.18. The molecule has 0 fully saturated rings. The minimum Gasteiger partial charge on any atom is -0.494 e. The van der Waals surface area contributed by atoms with Gasteiger partial charge in [0.2, 0.25) is 0 Å². The molecule has 0 heterocycles. The summed E-state index contributed by atoms with van der Waals surface area (Å²) < 4.78 is 44.4. The predicted molar refractivity (Wildman–Crippen MR) is 143 cm³/mol. The Morgan fingerprint density at radius 2 is 1.59 bits per heavy atom. The van der Waals surface area contributed by atoms with Crippen LogP contribution in [0.5, 0.6) is 17.2 Å². The summed E-state index contributed by atoms with van der Waals surface area (Å²) in [5, 5.41) is 4.15. The molecule has 3 aromatic rings. The summed E-state index contributed by atoms with van der Waals surface area (Å²) in [6.07, 6.45) is 0. The highest BCUT2D eigenvalue weighted by molar-refractivity contribution is 7.92. The van der Waals surface area contributed by atoms with E-state index in [1.54, 1.807) is 31.2 Å². The van der Waals surface area contributed by atoms with Gasteiger partial charge in [-0.2, -0.15) is 5.10 Å². The lowest BCUT2D eigenvalue weighted by Crippen LogP contribution is -2.39. The van der Waals surface area contributed by atoms with Crippen molar-refractivity contribution in [2.24, 2.45) is 5.10 Å². The number of methoxy groups -OCH3 is 2. The number of hydrazone groups is 1. The largest absolute Gasteiger partial charge is 0.494 e. The van der Waals surface area contributed by atoms with Crippen LogP contribution < -0.4 is 23.9 Å². The van der Waals surface area contributed by atoms with Crippen LogP contribution >= 0.6 is 0 Å². The summed E-state index contributed by atoms with van der Waals surface area (Å²) in [4.78, 5) is 12.8. The number of benzene rings is 3. The quantitative estimate of drug-likeness (QED) is 0.298. The normalized spacial score (nSPS) is 11.5. The van der Waals surface area contributed by atoms with E-state index in [-0.39, 0.29) is 16.3 Å². The van der Waals surface area contributed by atoms with Gasteiger partial charge >= 0.3 is 0 Å². The Balaban J connectivity index is 1.93. The van der Waals surface area contributed by atoms with E-state index < -0.39 is 22.5 Å². The summed E-state index contributed by atoms with van der Waals surface area (Å²) in [5.74, 6) is 0.604. The van der Waals surface area contributed by atoms with Crippen LogP contribution in [0.25, 0.3) is 0 Å². The average molecular weight is 526 g/mol. The number of hydrogen-bond donors (Lipinski definition) is 1. The van der Waals surface area contributed by atoms with Crippen molar-refractivity contribution in [2.75, 3.05) is 31.7 Å². The van der Waals surface area contributed by atoms with E-state index in [9.17, 15) is 13.2 Å². The van der Waals surface area contributed by atoms with E-state index in [2.05, 4.69) is 10.5 Å². The molecule has 1 amide bonds. The van der Waals surface area contributed by atoms with Crippen molar-refractivity contribution in [2.45, 2.75) is 25.7 Å². The Bertz CT molecular complexity index is 1350. The number of carbonyl (C=O) groups is 1. The van der Waals surface area contributed by atoms with Gasteiger partial charge < -0.3 is 14.2 Å². The number of ether oxygens (including phenoxy) is 3. The summed E-state index contributed by atoms with van der Waals surface area (Å²) in [6, 6.07) is 18.4. The second-order valence-electron chi connectivity index (χ2n) is 8.05. The van der Waals surface area contributed by atoms with Crippen molar-refractivity contribution in [3.63, 3.8) is 0 Å². The van der Waals surface area contributed by atoms with Crippen molar-refractivity contribution in [1.29, 1.82) is 0 Å². The van der Waals surface area contributed by atoms with Crippen LogP contribution in [0, 0.1) is 6.92 Å². The maximum absolute atomic E-state index is 13.7. The number of carbonyl (C=O) groups excluding carboxylic acids is 1. The van der Waals surface area contributed by atoms with Crippen LogP contribution in [0.15, 0.2) is 76.7 Å². The highest BCUT2D eigenvalue weighted by atomic mass is 32.2. The van der Waals surface area contributed by atoms with Crippen molar-refractivity contribution in [3.8, 4) is 17.2 Å². The fourth-order valence-electron chi connectivity index (χ4n) is 3.47. The molecule has 3 rings (SSSR count). The van der Waals surface area contributed by atoms with Gasteiger partial charge in [-0.25, -0.2) is 13.8 Å². The zero-order valence-corrected chi connectivity index (χ0v) is 22.3. The van der Waals surface area contributed by atoms with Gasteiger partial charge in [0.1, 0.15) is 12.3 Å². The topological polar surface area (TPSA) is 107 Å². The number of nitrogens with one attached hydrogen (secondary N) is 1. The lowest BCUT2D eigenvalue weighted by Gasteiger charge is -2.24. The fraction of sp³-hybridized carbons (Fsp3) is 0.259. The van der Waals surface area contributed by atoms with Gasteiger partial charge in [-0.05, 0) is 62.7 Å². The molecule has 9 nitrogen and oxygen atoms in total. The molecular weight excluding hydrogens is 494 g/mol. The molecule has 0 bridgehead atoms. The SMILES string of the molecule is CCOc1ccc(N(CC(=O)N/N=C(/C)c2ccc(C)cc2)S(=O)(=O)c2ccc(OC)c(OC)c2)cc1. The number of nitrogens with zero attached hydrogens (tertiary/aromatic N) is 2. The van der Waals surface area contributed by atoms with Crippen LogP contribution in [-0.4, -0.2) is 47.4 Å². The number of anilines is 1. The maximum Gasteiger partial charge on any atom is 0.264 e. The van der Waals surface area contributed by atoms with E-state index in [1.165, 1.54) is 32.4 Å². The molecule has 10 heteroatoms. The van der Waals surface area contributed by atoms with Gasteiger partial charge in [-0.15, -0.1) is 0 Å². The second-order valence-corrected chi connectivity index (χ2v) is 9.92. The molecule has 3 aromatic carbocycles. The van der Waals surface area contributed by atoms with Gasteiger partial charge in [0.15, 0.2) is 11.5 Å². The highest BCUT2D eigenvalue weighted by Crippen LogP contribution is 2.32. The van der Waals surface area contributed by atoms with Gasteiger partial charge in [0, 0.05) is 6.07 Å². The van der Waals surface area contributed by atoms with Crippen LogP contribution in [0.1, 0.15) is 25.0 Å². The van der Waals surface area contributed by atoms with E-state index >= 15 is 0 Å². The Morgan fingerprint density at radius 1 is 0.946 bits per heavy atom. The molecule has 0 saturated carbocycles. The summed E-state index contributed by atoms with van der Waals surface area (Å²) >= 11 is 0. The van der Waals surface area contributed by atoms with Gasteiger partial charge in [0.25, 0.3) is 15.9 Å². The first-order valence-electron chi connectivity index (χ1n) is 11.6. The lowest BCUT2D eigenvalue weighted by atomic mass is 10.1. The third-order valence-corrected chi connectivity index (χ3v) is 7.25. The molecule has 0 aliphatic carbocycles. The lowest BCUT2D eigenvalue weighted by molar-refractivity contribution is -0.119. The number of amides is 1. The van der Waals surface area contributed by atoms with Crippen LogP contribution in [0.3, 0.4) is 0 Å². The van der Waals surface area contributed by atoms with Crippen LogP contribution in [0.2, 0.25) is 0 Å². The smallest absolute Gasteiger partial charge is 0.264 e. The molecule has 0 unspecified atom stereocenters. The third kappa shape index (κ3) is 6.79. The maximum atomic E-state index is 13.7. The molecular formula is C27H31N3O6S. The highest BCUT2D eigenvalue weighted by Gasteiger charge is 2.28. The first-order chi connectivity index (χ1) is 17.7. The standard InChI is InChI=1S/C27H31N3O6S/c1-6-36-23-13-11-22(12-14-23)30(37(32,33)24-15-16-25(34-4)26(17-24)35-5)18-27(31)29-28-20(3)21-9-7-19(2)8-10-21/h7-17H,6,18H2,1-5H3,(H,29,31)/b28-20-. The average Bonchev–Trinajstić information content (AvgIpc) is 2.91. The Morgan fingerprint density at radius 3 is 2.19 bits per heavy atom. The Kier molecular flexibility index (Phi) is 9.13. The number of sulfonamides is 1. The molecule has 0 saturated heterocycles. The van der Waals surface area contributed by atoms with Crippen molar-refractivity contribution in [3.05, 3.63) is 77.9 Å². The molecule has 0 aliphatic heterocycles. The van der Waals surface area contributed by atoms with Gasteiger partial charge in [-0.3, -0.25) is 9.10 Å². The molecule has 0 aromatic heterocycles. The summed E-state index contributed by atoms with van der Waals surface area (Å²) in [6.45, 7) is 5.55. The Labute approximate surface area is 217 Å². The number of aryl methyl sites for hydroxylation is 1. The second kappa shape index (κ2) is 12.3. The molecule has 0 radical (unpaired) electrons. The molecule has 196 valence electrons. The van der Waals surface area contributed by atoms with E-state index in [0.717, 1.165) is 15.4 Å². The molecule has 37 heavy (non-hydrogen) atoms. The van der Waals surface area contributed by atoms with E-state index in [1.807, 2.05) is 38.1 Å². The van der Waals surface area contributed by atoms with E-state index in [0.29, 0.717) is 23.8 Å². The first-order valence-corrected chi connectivity index (χ1v) is 13.0. The zero-order valence-electron chi connectivity index (χ0n) is 21.5. The Hall–Kier alpha value is -4.05. The third-order valence-electron chi connectivity index (χ3n) is 5.48. The first kappa shape index (κ1) is 27.5. The number of rotatable bonds is 11. The zero-order chi connectivity index (χ0) is 27.0. The van der Waals surface area contributed by atoms with Crippen molar-refractivity contribution in [1.82, 2.24) is 5.43 Å². The predicted octanol–water partition coefficient (Wildman–Crippen LogP) is 4.15. The van der Waals surface area contributed by atoms with Gasteiger partial charge in [-0.1, -0.05) is 29.8 Å². The molecule has 0 aliphatic rings. The molecule has 0 atom stereocenters. The minimum absolute atomic E-state index is 0.0637. The van der Waals surface area contributed by atoms with Gasteiger partial charge in [0.05, 0.1) is 37.1 Å².